The molecule has 69 heavy (non-hydrogen) atoms. The molecule has 1 heterocycles. The van der Waals surface area contributed by atoms with E-state index in [0.29, 0.717) is 0 Å². The molecule has 1 heteroatoms. The molecule has 10 aromatic rings. The van der Waals surface area contributed by atoms with E-state index in [4.69, 9.17) is 4.42 Å². The van der Waals surface area contributed by atoms with Crippen LogP contribution in [-0.2, 0) is 10.8 Å². The number of hydrogen-bond donors (Lipinski definition) is 0. The average Bonchev–Trinajstić information content (AvgIpc) is 3.68. The van der Waals surface area contributed by atoms with Gasteiger partial charge >= 0.3 is 0 Å². The Kier molecular flexibility index (Phi) is 10.3. The normalized spacial score (nSPS) is 15.2. The van der Waals surface area contributed by atoms with Crippen LogP contribution < -0.4 is 0 Å². The summed E-state index contributed by atoms with van der Waals surface area (Å²) in [5.41, 5.74) is 16.5. The first-order valence-corrected chi connectivity index (χ1v) is 25.2. The molecule has 11 rings (SSSR count). The summed E-state index contributed by atoms with van der Waals surface area (Å²) in [4.78, 5) is 0. The second-order valence-corrected chi connectivity index (χ2v) is 24.1. The molecule has 1 aliphatic rings. The van der Waals surface area contributed by atoms with Crippen molar-refractivity contribution >= 4 is 65.0 Å². The summed E-state index contributed by atoms with van der Waals surface area (Å²) in [5, 5.41) is 12.5. The summed E-state index contributed by atoms with van der Waals surface area (Å²) >= 11 is 0. The first-order valence-electron chi connectivity index (χ1n) is 25.2. The Morgan fingerprint density at radius 3 is 1.26 bits per heavy atom. The van der Waals surface area contributed by atoms with Crippen molar-refractivity contribution in [3.05, 3.63) is 192 Å². The highest BCUT2D eigenvalue weighted by molar-refractivity contribution is 6.22. The van der Waals surface area contributed by atoms with E-state index in [2.05, 4.69) is 247 Å². The maximum atomic E-state index is 6.85. The van der Waals surface area contributed by atoms with Gasteiger partial charge in [0.05, 0.1) is 0 Å². The second kappa shape index (κ2) is 15.9. The molecular formula is C68H66O. The highest BCUT2D eigenvalue weighted by Crippen LogP contribution is 2.51. The summed E-state index contributed by atoms with van der Waals surface area (Å²) in [6.45, 7) is 28.1. The molecule has 0 saturated heterocycles. The van der Waals surface area contributed by atoms with E-state index < -0.39 is 0 Å². The van der Waals surface area contributed by atoms with Crippen LogP contribution in [0.15, 0.2) is 179 Å². The Morgan fingerprint density at radius 1 is 0.362 bits per heavy atom. The predicted molar refractivity (Wildman–Crippen MR) is 300 cm³/mol. The zero-order valence-corrected chi connectivity index (χ0v) is 42.8. The van der Waals surface area contributed by atoms with Gasteiger partial charge in [0.15, 0.2) is 0 Å². The van der Waals surface area contributed by atoms with Gasteiger partial charge < -0.3 is 4.42 Å². The first kappa shape index (κ1) is 44.8. The fraction of sp³-hybridized carbons (Fsp3) is 0.265. The Labute approximate surface area is 409 Å². The average molecular weight is 899 g/mol. The number of allylic oxidation sites excluding steroid dienone is 4. The maximum absolute atomic E-state index is 6.85. The zero-order valence-electron chi connectivity index (χ0n) is 42.8. The van der Waals surface area contributed by atoms with Gasteiger partial charge in [0, 0.05) is 16.7 Å². The molecule has 0 fully saturated rings. The number of furan rings is 1. The topological polar surface area (TPSA) is 13.1 Å². The molecule has 9 aromatic carbocycles. The van der Waals surface area contributed by atoms with Crippen molar-refractivity contribution in [3.8, 4) is 33.4 Å². The molecule has 0 saturated carbocycles. The van der Waals surface area contributed by atoms with Gasteiger partial charge in [-0.3, -0.25) is 0 Å². The molecule has 1 aliphatic carbocycles. The zero-order chi connectivity index (χ0) is 48.4. The van der Waals surface area contributed by atoms with Gasteiger partial charge in [-0.2, -0.15) is 0 Å². The van der Waals surface area contributed by atoms with E-state index in [0.717, 1.165) is 33.9 Å². The molecule has 0 bridgehead atoms. The van der Waals surface area contributed by atoms with E-state index in [1.54, 1.807) is 0 Å². The molecule has 1 nitrogen and oxygen atoms in total. The van der Waals surface area contributed by atoms with Crippen LogP contribution in [0.5, 0.6) is 0 Å². The molecular weight excluding hydrogens is 833 g/mol. The van der Waals surface area contributed by atoms with Gasteiger partial charge in [0.25, 0.3) is 0 Å². The molecule has 1 atom stereocenters. The summed E-state index contributed by atoms with van der Waals surface area (Å²) in [6.07, 6.45) is 6.10. The van der Waals surface area contributed by atoms with Gasteiger partial charge in [0.2, 0.25) is 0 Å². The van der Waals surface area contributed by atoms with Crippen molar-refractivity contribution < 1.29 is 4.42 Å². The lowest BCUT2D eigenvalue weighted by Crippen LogP contribution is -2.20. The number of rotatable bonds is 4. The third-order valence-electron chi connectivity index (χ3n) is 15.3. The SMILES string of the molecule is CC(C)(C)C1=CC(c2c3ccccc3c(-c3ccc4oc5cc(-c6c7ccccc7c(-c7cc(C(C)(C)C)cc(C(C)(C)C)c7)c7ccccc67)ccc5c4c3)c3ccccc23)CC(C(C)(C)C)=C1. The Balaban J connectivity index is 1.08. The lowest BCUT2D eigenvalue weighted by Gasteiger charge is -2.35. The smallest absolute Gasteiger partial charge is 0.136 e. The lowest BCUT2D eigenvalue weighted by atomic mass is 9.70. The fourth-order valence-corrected chi connectivity index (χ4v) is 11.3. The van der Waals surface area contributed by atoms with E-state index in [9.17, 15) is 0 Å². The third kappa shape index (κ3) is 7.70. The van der Waals surface area contributed by atoms with Crippen LogP contribution >= 0.6 is 0 Å². The summed E-state index contributed by atoms with van der Waals surface area (Å²) in [5.74, 6) is 0.267. The van der Waals surface area contributed by atoms with Crippen molar-refractivity contribution in [2.75, 3.05) is 0 Å². The largest absolute Gasteiger partial charge is 0.456 e. The molecule has 0 amide bonds. The third-order valence-corrected chi connectivity index (χ3v) is 15.3. The molecule has 0 N–H and O–H groups in total. The van der Waals surface area contributed by atoms with Crippen molar-refractivity contribution in [1.82, 2.24) is 0 Å². The highest BCUT2D eigenvalue weighted by atomic mass is 16.3. The van der Waals surface area contributed by atoms with Crippen LogP contribution in [0.1, 0.15) is 112 Å². The molecule has 0 radical (unpaired) electrons. The Hall–Kier alpha value is -6.70. The molecule has 0 aliphatic heterocycles. The summed E-state index contributed by atoms with van der Waals surface area (Å²) in [7, 11) is 0. The summed E-state index contributed by atoms with van der Waals surface area (Å²) < 4.78 is 6.85. The molecule has 1 unspecified atom stereocenters. The van der Waals surface area contributed by atoms with Crippen LogP contribution in [0.3, 0.4) is 0 Å². The summed E-state index contributed by atoms with van der Waals surface area (Å²) in [6, 6.07) is 57.3. The minimum Gasteiger partial charge on any atom is -0.456 e. The van der Waals surface area contributed by atoms with E-state index in [1.165, 1.54) is 98.7 Å². The number of fused-ring (bicyclic) bond motifs is 7. The van der Waals surface area contributed by atoms with Gasteiger partial charge in [-0.1, -0.05) is 228 Å². The fourth-order valence-electron chi connectivity index (χ4n) is 11.3. The minimum absolute atomic E-state index is 0.00832. The van der Waals surface area contributed by atoms with Crippen molar-refractivity contribution in [3.63, 3.8) is 0 Å². The van der Waals surface area contributed by atoms with Crippen LogP contribution in [0.4, 0.5) is 0 Å². The van der Waals surface area contributed by atoms with Crippen LogP contribution in [0.25, 0.3) is 98.4 Å². The molecule has 1 aromatic heterocycles. The Bertz CT molecular complexity index is 3630. The van der Waals surface area contributed by atoms with E-state index in [1.807, 2.05) is 0 Å². The minimum atomic E-state index is 0.00832. The second-order valence-electron chi connectivity index (χ2n) is 24.1. The van der Waals surface area contributed by atoms with Crippen molar-refractivity contribution in [2.45, 2.75) is 106 Å². The van der Waals surface area contributed by atoms with Crippen molar-refractivity contribution in [1.29, 1.82) is 0 Å². The first-order chi connectivity index (χ1) is 32.7. The van der Waals surface area contributed by atoms with Gasteiger partial charge in [-0.15, -0.1) is 0 Å². The van der Waals surface area contributed by atoms with Crippen LogP contribution in [-0.4, -0.2) is 0 Å². The van der Waals surface area contributed by atoms with Gasteiger partial charge in [-0.25, -0.2) is 0 Å². The predicted octanol–water partition coefficient (Wildman–Crippen LogP) is 20.2. The lowest BCUT2D eigenvalue weighted by molar-refractivity contribution is 0.455. The van der Waals surface area contributed by atoms with Crippen molar-refractivity contribution in [2.24, 2.45) is 10.8 Å². The quantitative estimate of drug-likeness (QED) is 0.160. The molecule has 0 spiro atoms. The van der Waals surface area contributed by atoms with E-state index >= 15 is 0 Å². The number of benzene rings is 9. The highest BCUT2D eigenvalue weighted by Gasteiger charge is 2.31. The van der Waals surface area contributed by atoms with Crippen LogP contribution in [0, 0.1) is 10.8 Å². The standard InChI is InChI=1S/C68H66O/c1-65(2,3)45-33-43(34-46(39-45)66(4,5)6)63-54-25-17-13-21-50(54)61(51-22-14-18-26-55(51)63)41-30-32-59-58(37-41)49-31-29-42(38-60(49)69-59)62-52-23-15-19-27-56(52)64(57-28-20-16-24-53(57)62)44-35-47(67(7,8)9)40-48(36-44)68(10,11)12/h13-33,35-40,43H,34H2,1-12H3. The van der Waals surface area contributed by atoms with E-state index in [-0.39, 0.29) is 27.6 Å². The Morgan fingerprint density at radius 2 is 0.797 bits per heavy atom. The van der Waals surface area contributed by atoms with Gasteiger partial charge in [-0.05, 0) is 151 Å². The van der Waals surface area contributed by atoms with Crippen LogP contribution in [0.2, 0.25) is 0 Å². The van der Waals surface area contributed by atoms with Gasteiger partial charge in [0.1, 0.15) is 11.2 Å². The number of hydrogen-bond acceptors (Lipinski definition) is 1. The molecule has 344 valence electrons. The monoisotopic (exact) mass is 899 g/mol. The maximum Gasteiger partial charge on any atom is 0.136 e.